The molecule has 0 radical (unpaired) electrons. The molecule has 2 rings (SSSR count). The van der Waals surface area contributed by atoms with Crippen molar-refractivity contribution in [1.29, 1.82) is 5.26 Å². The summed E-state index contributed by atoms with van der Waals surface area (Å²) in [5, 5.41) is 22.5. The fraction of sp³-hybridized carbons (Fsp3) is 0.154. The molecule has 0 aliphatic rings. The average molecular weight is 269 g/mol. The number of nitro benzene ring substituents is 1. The van der Waals surface area contributed by atoms with Gasteiger partial charge in [0.2, 0.25) is 5.95 Å². The van der Waals surface area contributed by atoms with Crippen LogP contribution in [0.5, 0.6) is 0 Å². The van der Waals surface area contributed by atoms with Crippen LogP contribution in [0.3, 0.4) is 0 Å². The maximum atomic E-state index is 10.9. The molecule has 0 aliphatic heterocycles. The van der Waals surface area contributed by atoms with E-state index in [9.17, 15) is 10.1 Å². The van der Waals surface area contributed by atoms with E-state index in [4.69, 9.17) is 5.26 Å². The van der Waals surface area contributed by atoms with E-state index in [2.05, 4.69) is 15.3 Å². The Morgan fingerprint density at radius 1 is 1.45 bits per heavy atom. The van der Waals surface area contributed by atoms with Crippen LogP contribution in [-0.4, -0.2) is 14.9 Å². The third-order valence-corrected chi connectivity index (χ3v) is 2.82. The quantitative estimate of drug-likeness (QED) is 0.673. The summed E-state index contributed by atoms with van der Waals surface area (Å²) >= 11 is 0. The molecule has 20 heavy (non-hydrogen) atoms. The normalized spacial score (nSPS) is 9.80. The van der Waals surface area contributed by atoms with Gasteiger partial charge in [-0.25, -0.2) is 9.97 Å². The molecule has 0 atom stereocenters. The SMILES string of the molecule is Cc1c(CNc2nccc(C#N)n2)cccc1[N+](=O)[O-]. The molecule has 2 aromatic rings. The monoisotopic (exact) mass is 269 g/mol. The second-order valence-corrected chi connectivity index (χ2v) is 4.05. The van der Waals surface area contributed by atoms with E-state index in [0.717, 1.165) is 5.56 Å². The zero-order chi connectivity index (χ0) is 14.5. The first-order chi connectivity index (χ1) is 9.61. The maximum absolute atomic E-state index is 10.9. The molecule has 0 fully saturated rings. The van der Waals surface area contributed by atoms with E-state index in [0.29, 0.717) is 18.1 Å². The molecule has 1 aromatic heterocycles. The van der Waals surface area contributed by atoms with Crippen molar-refractivity contribution in [2.45, 2.75) is 13.5 Å². The topological polar surface area (TPSA) is 105 Å². The Labute approximate surface area is 115 Å². The van der Waals surface area contributed by atoms with Gasteiger partial charge < -0.3 is 5.32 Å². The van der Waals surface area contributed by atoms with Crippen molar-refractivity contribution in [2.24, 2.45) is 0 Å². The number of nitriles is 1. The summed E-state index contributed by atoms with van der Waals surface area (Å²) in [4.78, 5) is 18.4. The van der Waals surface area contributed by atoms with Gasteiger partial charge in [-0.1, -0.05) is 12.1 Å². The molecule has 7 nitrogen and oxygen atoms in total. The number of nitro groups is 1. The Balaban J connectivity index is 2.17. The Bertz CT molecular complexity index is 693. The van der Waals surface area contributed by atoms with Crippen LogP contribution in [0, 0.1) is 28.4 Å². The van der Waals surface area contributed by atoms with Crippen LogP contribution < -0.4 is 5.32 Å². The average Bonchev–Trinajstić information content (AvgIpc) is 2.46. The molecule has 1 N–H and O–H groups in total. The first kappa shape index (κ1) is 13.4. The van der Waals surface area contributed by atoms with Gasteiger partial charge in [0.25, 0.3) is 5.69 Å². The number of hydrogen-bond donors (Lipinski definition) is 1. The largest absolute Gasteiger partial charge is 0.350 e. The summed E-state index contributed by atoms with van der Waals surface area (Å²) in [6.45, 7) is 2.05. The van der Waals surface area contributed by atoms with Crippen LogP contribution in [0.15, 0.2) is 30.5 Å². The van der Waals surface area contributed by atoms with Crippen LogP contribution >= 0.6 is 0 Å². The predicted molar refractivity (Wildman–Crippen MR) is 71.9 cm³/mol. The van der Waals surface area contributed by atoms with Crippen LogP contribution in [0.4, 0.5) is 11.6 Å². The number of nitrogens with one attached hydrogen (secondary N) is 1. The third kappa shape index (κ3) is 2.87. The maximum Gasteiger partial charge on any atom is 0.272 e. The van der Waals surface area contributed by atoms with Crippen molar-refractivity contribution < 1.29 is 4.92 Å². The summed E-state index contributed by atoms with van der Waals surface area (Å²) in [5.74, 6) is 0.315. The Morgan fingerprint density at radius 3 is 2.95 bits per heavy atom. The van der Waals surface area contributed by atoms with Gasteiger partial charge in [-0.2, -0.15) is 5.26 Å². The van der Waals surface area contributed by atoms with Gasteiger partial charge in [-0.3, -0.25) is 10.1 Å². The van der Waals surface area contributed by atoms with Gasteiger partial charge in [0.05, 0.1) is 4.92 Å². The van der Waals surface area contributed by atoms with E-state index in [-0.39, 0.29) is 11.4 Å². The van der Waals surface area contributed by atoms with Crippen LogP contribution in [0.1, 0.15) is 16.8 Å². The standard InChI is InChI=1S/C13H11N5O2/c1-9-10(3-2-4-12(9)18(19)20)8-16-13-15-6-5-11(7-14)17-13/h2-6H,8H2,1H3,(H,15,16,17). The first-order valence-corrected chi connectivity index (χ1v) is 5.81. The lowest BCUT2D eigenvalue weighted by atomic mass is 10.1. The zero-order valence-electron chi connectivity index (χ0n) is 10.7. The fourth-order valence-electron chi connectivity index (χ4n) is 1.74. The molecule has 1 heterocycles. The molecular formula is C13H11N5O2. The summed E-state index contributed by atoms with van der Waals surface area (Å²) in [5.41, 5.74) is 1.72. The summed E-state index contributed by atoms with van der Waals surface area (Å²) in [7, 11) is 0. The Kier molecular flexibility index (Phi) is 3.86. The van der Waals surface area contributed by atoms with Gasteiger partial charge >= 0.3 is 0 Å². The number of rotatable bonds is 4. The first-order valence-electron chi connectivity index (χ1n) is 5.81. The van der Waals surface area contributed by atoms with Crippen molar-refractivity contribution in [3.8, 4) is 6.07 Å². The molecule has 0 unspecified atom stereocenters. The zero-order valence-corrected chi connectivity index (χ0v) is 10.7. The Hall–Kier alpha value is -3.01. The van der Waals surface area contributed by atoms with Crippen molar-refractivity contribution >= 4 is 11.6 Å². The van der Waals surface area contributed by atoms with Gasteiger partial charge in [-0.15, -0.1) is 0 Å². The minimum Gasteiger partial charge on any atom is -0.350 e. The highest BCUT2D eigenvalue weighted by molar-refractivity contribution is 5.45. The molecule has 1 aromatic carbocycles. The van der Waals surface area contributed by atoms with Crippen molar-refractivity contribution in [3.63, 3.8) is 0 Å². The van der Waals surface area contributed by atoms with E-state index < -0.39 is 4.92 Å². The number of anilines is 1. The minimum absolute atomic E-state index is 0.0796. The summed E-state index contributed by atoms with van der Waals surface area (Å²) in [6.07, 6.45) is 1.48. The highest BCUT2D eigenvalue weighted by atomic mass is 16.6. The van der Waals surface area contributed by atoms with Gasteiger partial charge in [-0.05, 0) is 18.6 Å². The summed E-state index contributed by atoms with van der Waals surface area (Å²) in [6, 6.07) is 8.32. The lowest BCUT2D eigenvalue weighted by Crippen LogP contribution is -2.06. The third-order valence-electron chi connectivity index (χ3n) is 2.82. The van der Waals surface area contributed by atoms with Gasteiger partial charge in [0.15, 0.2) is 0 Å². The minimum atomic E-state index is -0.411. The molecule has 0 bridgehead atoms. The number of aromatic nitrogens is 2. The second-order valence-electron chi connectivity index (χ2n) is 4.05. The molecular weight excluding hydrogens is 258 g/mol. The van der Waals surface area contributed by atoms with Crippen molar-refractivity contribution in [2.75, 3.05) is 5.32 Å². The molecule has 0 saturated carbocycles. The fourth-order valence-corrected chi connectivity index (χ4v) is 1.74. The van der Waals surface area contributed by atoms with Crippen LogP contribution in [0.25, 0.3) is 0 Å². The molecule has 0 amide bonds. The number of hydrogen-bond acceptors (Lipinski definition) is 6. The molecule has 0 saturated heterocycles. The van der Waals surface area contributed by atoms with Crippen LogP contribution in [-0.2, 0) is 6.54 Å². The highest BCUT2D eigenvalue weighted by Gasteiger charge is 2.12. The van der Waals surface area contributed by atoms with E-state index >= 15 is 0 Å². The molecule has 100 valence electrons. The lowest BCUT2D eigenvalue weighted by molar-refractivity contribution is -0.385. The van der Waals surface area contributed by atoms with Crippen molar-refractivity contribution in [3.05, 3.63) is 57.4 Å². The van der Waals surface area contributed by atoms with Crippen molar-refractivity contribution in [1.82, 2.24) is 9.97 Å². The van der Waals surface area contributed by atoms with Crippen LogP contribution in [0.2, 0.25) is 0 Å². The molecule has 0 spiro atoms. The molecule has 7 heteroatoms. The smallest absolute Gasteiger partial charge is 0.272 e. The number of nitrogens with zero attached hydrogens (tertiary/aromatic N) is 4. The van der Waals surface area contributed by atoms with E-state index in [1.807, 2.05) is 6.07 Å². The van der Waals surface area contributed by atoms with E-state index in [1.165, 1.54) is 18.3 Å². The molecule has 0 aliphatic carbocycles. The highest BCUT2D eigenvalue weighted by Crippen LogP contribution is 2.21. The van der Waals surface area contributed by atoms with E-state index in [1.54, 1.807) is 19.1 Å². The second kappa shape index (κ2) is 5.75. The predicted octanol–water partition coefficient (Wildman–Crippen LogP) is 2.18. The van der Waals surface area contributed by atoms with Gasteiger partial charge in [0.1, 0.15) is 11.8 Å². The number of benzene rings is 1. The Morgan fingerprint density at radius 2 is 2.25 bits per heavy atom. The lowest BCUT2D eigenvalue weighted by Gasteiger charge is -2.07. The summed E-state index contributed by atoms with van der Waals surface area (Å²) < 4.78 is 0. The van der Waals surface area contributed by atoms with Gasteiger partial charge in [0, 0.05) is 24.4 Å².